The number of hydrogen-bond acceptors (Lipinski definition) is 4. The maximum atomic E-state index is 13.3. The summed E-state index contributed by atoms with van der Waals surface area (Å²) in [6, 6.07) is 7.36. The van der Waals surface area contributed by atoms with Crippen molar-refractivity contribution in [2.24, 2.45) is 11.3 Å². The topological polar surface area (TPSA) is 73.0 Å². The van der Waals surface area contributed by atoms with Crippen LogP contribution < -0.4 is 5.32 Å². The van der Waals surface area contributed by atoms with Crippen molar-refractivity contribution in [3.05, 3.63) is 34.9 Å². The number of carbonyl (C=O) groups is 3. The Labute approximate surface area is 195 Å². The van der Waals surface area contributed by atoms with Crippen LogP contribution in [0.4, 0.5) is 4.79 Å². The van der Waals surface area contributed by atoms with Gasteiger partial charge in [-0.1, -0.05) is 44.5 Å². The van der Waals surface area contributed by atoms with Crippen LogP contribution in [0, 0.1) is 11.3 Å². The average Bonchev–Trinajstić information content (AvgIpc) is 2.92. The van der Waals surface area contributed by atoms with Crippen LogP contribution in [-0.2, 0) is 16.1 Å². The third-order valence-electron chi connectivity index (χ3n) is 6.96. The summed E-state index contributed by atoms with van der Waals surface area (Å²) in [5.74, 6) is -0.0657. The molecule has 1 aromatic carbocycles. The lowest BCUT2D eigenvalue weighted by Crippen LogP contribution is -2.55. The minimum Gasteiger partial charge on any atom is -0.339 e. The van der Waals surface area contributed by atoms with Gasteiger partial charge in [-0.3, -0.25) is 19.4 Å². The molecule has 1 saturated carbocycles. The van der Waals surface area contributed by atoms with Gasteiger partial charge in [-0.25, -0.2) is 4.79 Å². The molecular formula is C24H33ClN4O3. The zero-order valence-corrected chi connectivity index (χ0v) is 20.0. The molecule has 3 fully saturated rings. The van der Waals surface area contributed by atoms with Gasteiger partial charge in [0.2, 0.25) is 5.91 Å². The smallest absolute Gasteiger partial charge is 0.325 e. The predicted molar refractivity (Wildman–Crippen MR) is 123 cm³/mol. The van der Waals surface area contributed by atoms with Gasteiger partial charge in [0.25, 0.3) is 5.91 Å². The molecule has 1 aliphatic carbocycles. The number of benzene rings is 1. The Morgan fingerprint density at radius 2 is 1.75 bits per heavy atom. The van der Waals surface area contributed by atoms with Crippen LogP contribution >= 0.6 is 11.6 Å². The summed E-state index contributed by atoms with van der Waals surface area (Å²) in [7, 11) is 0. The molecule has 2 aliphatic heterocycles. The molecule has 1 aromatic rings. The lowest BCUT2D eigenvalue weighted by molar-refractivity contribution is -0.141. The summed E-state index contributed by atoms with van der Waals surface area (Å²) in [6.07, 6.45) is 2.27. The van der Waals surface area contributed by atoms with E-state index >= 15 is 0 Å². The van der Waals surface area contributed by atoms with E-state index in [2.05, 4.69) is 31.0 Å². The van der Waals surface area contributed by atoms with Crippen molar-refractivity contribution in [2.45, 2.75) is 52.1 Å². The number of rotatable bonds is 4. The van der Waals surface area contributed by atoms with E-state index in [0.717, 1.165) is 36.0 Å². The summed E-state index contributed by atoms with van der Waals surface area (Å²) in [4.78, 5) is 44.1. The minimum atomic E-state index is -0.865. The Balaban J connectivity index is 1.33. The molecule has 0 radical (unpaired) electrons. The molecule has 1 spiro atoms. The van der Waals surface area contributed by atoms with E-state index in [-0.39, 0.29) is 23.8 Å². The highest BCUT2D eigenvalue weighted by Gasteiger charge is 2.56. The van der Waals surface area contributed by atoms with E-state index in [1.807, 2.05) is 24.3 Å². The lowest BCUT2D eigenvalue weighted by atomic mass is 9.64. The normalized spacial score (nSPS) is 28.3. The first-order valence-electron chi connectivity index (χ1n) is 11.5. The van der Waals surface area contributed by atoms with Crippen LogP contribution in [0.1, 0.15) is 45.6 Å². The first-order valence-corrected chi connectivity index (χ1v) is 11.8. The van der Waals surface area contributed by atoms with Gasteiger partial charge in [-0.15, -0.1) is 0 Å². The van der Waals surface area contributed by atoms with E-state index < -0.39 is 11.6 Å². The van der Waals surface area contributed by atoms with Gasteiger partial charge in [0.15, 0.2) is 0 Å². The standard InChI is InChI=1S/C24H33ClN4O3/c1-17-12-23(2,3)16-24(13-17)21(31)29(22(32)26-24)15-20(30)28-10-8-27(9-11-28)14-18-4-6-19(25)7-5-18/h4-7,17H,8-16H2,1-3H3,(H,26,32). The Morgan fingerprint density at radius 1 is 1.09 bits per heavy atom. The summed E-state index contributed by atoms with van der Waals surface area (Å²) in [5, 5.41) is 3.67. The zero-order valence-electron chi connectivity index (χ0n) is 19.2. The van der Waals surface area contributed by atoms with E-state index in [9.17, 15) is 14.4 Å². The van der Waals surface area contributed by atoms with E-state index in [0.29, 0.717) is 31.8 Å². The Hall–Kier alpha value is -2.12. The molecule has 2 saturated heterocycles. The molecule has 0 aromatic heterocycles. The fourth-order valence-electron chi connectivity index (χ4n) is 5.89. The van der Waals surface area contributed by atoms with Gasteiger partial charge in [-0.05, 0) is 48.3 Å². The zero-order chi connectivity index (χ0) is 23.1. The number of nitrogens with one attached hydrogen (secondary N) is 1. The highest BCUT2D eigenvalue weighted by molar-refractivity contribution is 6.30. The maximum Gasteiger partial charge on any atom is 0.325 e. The number of halogens is 1. The van der Waals surface area contributed by atoms with Crippen molar-refractivity contribution in [3.8, 4) is 0 Å². The van der Waals surface area contributed by atoms with Crippen molar-refractivity contribution in [2.75, 3.05) is 32.7 Å². The molecule has 2 unspecified atom stereocenters. The van der Waals surface area contributed by atoms with Crippen molar-refractivity contribution < 1.29 is 14.4 Å². The van der Waals surface area contributed by atoms with Crippen LogP contribution in [0.25, 0.3) is 0 Å². The number of carbonyl (C=O) groups excluding carboxylic acids is 3. The fraction of sp³-hybridized carbons (Fsp3) is 0.625. The first-order chi connectivity index (χ1) is 15.1. The van der Waals surface area contributed by atoms with Gasteiger partial charge in [-0.2, -0.15) is 0 Å². The third kappa shape index (κ3) is 4.79. The van der Waals surface area contributed by atoms with E-state index in [4.69, 9.17) is 11.6 Å². The lowest BCUT2D eigenvalue weighted by Gasteiger charge is -2.43. The summed E-state index contributed by atoms with van der Waals surface area (Å²) < 4.78 is 0. The second kappa shape index (κ2) is 8.67. The second-order valence-electron chi connectivity index (χ2n) is 10.5. The summed E-state index contributed by atoms with van der Waals surface area (Å²) in [5.41, 5.74) is 0.292. The van der Waals surface area contributed by atoms with Crippen molar-refractivity contribution in [1.82, 2.24) is 20.0 Å². The molecule has 1 N–H and O–H groups in total. The van der Waals surface area contributed by atoms with Gasteiger partial charge in [0.1, 0.15) is 12.1 Å². The van der Waals surface area contributed by atoms with Gasteiger partial charge >= 0.3 is 6.03 Å². The number of hydrogen-bond donors (Lipinski definition) is 1. The molecule has 2 atom stereocenters. The molecule has 4 amide bonds. The van der Waals surface area contributed by atoms with Crippen LogP contribution in [0.5, 0.6) is 0 Å². The van der Waals surface area contributed by atoms with Gasteiger partial charge in [0.05, 0.1) is 0 Å². The third-order valence-corrected chi connectivity index (χ3v) is 7.21. The minimum absolute atomic E-state index is 0.0267. The highest BCUT2D eigenvalue weighted by Crippen LogP contribution is 2.46. The van der Waals surface area contributed by atoms with E-state index in [1.165, 1.54) is 5.56 Å². The number of piperazine rings is 1. The molecule has 2 heterocycles. The Morgan fingerprint density at radius 3 is 2.38 bits per heavy atom. The fourth-order valence-corrected chi connectivity index (χ4v) is 6.01. The number of amides is 4. The molecule has 0 bridgehead atoms. The van der Waals surface area contributed by atoms with Crippen LogP contribution in [-0.4, -0.2) is 70.8 Å². The number of nitrogens with zero attached hydrogens (tertiary/aromatic N) is 3. The Bertz CT molecular complexity index is 895. The molecule has 174 valence electrons. The quantitative estimate of drug-likeness (QED) is 0.700. The van der Waals surface area contributed by atoms with Crippen molar-refractivity contribution in [3.63, 3.8) is 0 Å². The molecule has 7 nitrogen and oxygen atoms in total. The van der Waals surface area contributed by atoms with Crippen LogP contribution in [0.3, 0.4) is 0 Å². The van der Waals surface area contributed by atoms with E-state index in [1.54, 1.807) is 4.90 Å². The molecular weight excluding hydrogens is 428 g/mol. The number of imide groups is 1. The van der Waals surface area contributed by atoms with Gasteiger partial charge in [0, 0.05) is 37.7 Å². The SMILES string of the molecule is CC1CC(C)(C)CC2(C1)NC(=O)N(CC(=O)N1CCN(Cc3ccc(Cl)cc3)CC1)C2=O. The predicted octanol–water partition coefficient (Wildman–Crippen LogP) is 3.12. The molecule has 4 rings (SSSR count). The molecule has 8 heteroatoms. The average molecular weight is 461 g/mol. The van der Waals surface area contributed by atoms with Crippen molar-refractivity contribution in [1.29, 1.82) is 0 Å². The summed E-state index contributed by atoms with van der Waals surface area (Å²) in [6.45, 7) is 9.72. The van der Waals surface area contributed by atoms with Crippen LogP contribution in [0.2, 0.25) is 5.02 Å². The Kier molecular flexibility index (Phi) is 6.25. The largest absolute Gasteiger partial charge is 0.339 e. The van der Waals surface area contributed by atoms with Crippen LogP contribution in [0.15, 0.2) is 24.3 Å². The first kappa shape index (κ1) is 23.1. The maximum absolute atomic E-state index is 13.3. The molecule has 3 aliphatic rings. The number of urea groups is 1. The van der Waals surface area contributed by atoms with Gasteiger partial charge < -0.3 is 10.2 Å². The molecule has 32 heavy (non-hydrogen) atoms. The second-order valence-corrected chi connectivity index (χ2v) is 11.0. The monoisotopic (exact) mass is 460 g/mol. The van der Waals surface area contributed by atoms with Crippen molar-refractivity contribution >= 4 is 29.4 Å². The summed E-state index contributed by atoms with van der Waals surface area (Å²) >= 11 is 5.95. The highest BCUT2D eigenvalue weighted by atomic mass is 35.5.